The number of hydrogen-bond donors (Lipinski definition) is 2. The van der Waals surface area contributed by atoms with Crippen LogP contribution in [0.25, 0.3) is 0 Å². The maximum Gasteiger partial charge on any atom is 0.573 e. The predicted octanol–water partition coefficient (Wildman–Crippen LogP) is 3.23. The molecule has 3 aromatic rings. The molecule has 1 aliphatic rings. The number of sulfonamides is 2. The van der Waals surface area contributed by atoms with Crippen LogP contribution in [0.15, 0.2) is 82.6 Å². The molecule has 1 aliphatic heterocycles. The maximum absolute atomic E-state index is 13.4. The number of nitrogens with zero attached hydrogens (tertiary/aromatic N) is 1. The van der Waals surface area contributed by atoms with Crippen LogP contribution in [-0.2, 0) is 20.0 Å². The highest BCUT2D eigenvalue weighted by Crippen LogP contribution is 2.42. The van der Waals surface area contributed by atoms with Gasteiger partial charge in [0.05, 0.1) is 23.2 Å². The highest BCUT2D eigenvalue weighted by atomic mass is 32.2. The van der Waals surface area contributed by atoms with Gasteiger partial charge < -0.3 is 14.6 Å². The minimum absolute atomic E-state index is 0.0978. The van der Waals surface area contributed by atoms with E-state index < -0.39 is 51.4 Å². The smallest absolute Gasteiger partial charge is 0.454 e. The van der Waals surface area contributed by atoms with Gasteiger partial charge >= 0.3 is 6.36 Å². The fourth-order valence-corrected chi connectivity index (χ4v) is 6.13. The first-order valence-corrected chi connectivity index (χ1v) is 13.2. The summed E-state index contributed by atoms with van der Waals surface area (Å²) in [6.45, 7) is -1.10. The number of ether oxygens (including phenoxy) is 2. The fourth-order valence-electron chi connectivity index (χ4n) is 3.43. The van der Waals surface area contributed by atoms with Crippen molar-refractivity contribution in [1.29, 1.82) is 0 Å². The molecule has 1 heterocycles. The van der Waals surface area contributed by atoms with E-state index in [9.17, 15) is 35.1 Å². The molecule has 4 rings (SSSR count). The predicted molar refractivity (Wildman–Crippen MR) is 122 cm³/mol. The Hall–Kier alpha value is -3.33. The Labute approximate surface area is 204 Å². The molecule has 192 valence electrons. The van der Waals surface area contributed by atoms with Gasteiger partial charge in [-0.2, -0.15) is 0 Å². The number of nitrogens with one attached hydrogen (secondary N) is 1. The van der Waals surface area contributed by atoms with Gasteiger partial charge in [-0.15, -0.1) is 13.2 Å². The van der Waals surface area contributed by atoms with Crippen LogP contribution in [0.3, 0.4) is 0 Å². The summed E-state index contributed by atoms with van der Waals surface area (Å²) in [5, 5.41) is 10.6. The zero-order chi connectivity index (χ0) is 26.1. The van der Waals surface area contributed by atoms with Crippen LogP contribution in [0.4, 0.5) is 18.9 Å². The van der Waals surface area contributed by atoms with Gasteiger partial charge in [0.1, 0.15) is 16.4 Å². The summed E-state index contributed by atoms with van der Waals surface area (Å²) in [5.74, 6) is -0.283. The number of anilines is 1. The van der Waals surface area contributed by atoms with E-state index in [4.69, 9.17) is 4.74 Å². The van der Waals surface area contributed by atoms with Crippen LogP contribution in [0.1, 0.15) is 0 Å². The van der Waals surface area contributed by atoms with Gasteiger partial charge in [-0.25, -0.2) is 21.6 Å². The SMILES string of the molecule is O=S(=O)(NCC(O)CN1c2ccccc2Oc2ccccc2S1(=O)=O)c1ccc(OC(F)(F)F)cc1. The Morgan fingerprint density at radius 1 is 0.972 bits per heavy atom. The van der Waals surface area contributed by atoms with Gasteiger partial charge in [0, 0.05) is 6.54 Å². The number of aliphatic hydroxyl groups is 1. The minimum Gasteiger partial charge on any atom is -0.454 e. The van der Waals surface area contributed by atoms with E-state index in [1.54, 1.807) is 24.3 Å². The largest absolute Gasteiger partial charge is 0.573 e. The normalized spacial score (nSPS) is 15.7. The molecule has 36 heavy (non-hydrogen) atoms. The number of para-hydroxylation sites is 3. The van der Waals surface area contributed by atoms with Gasteiger partial charge in [-0.05, 0) is 48.5 Å². The van der Waals surface area contributed by atoms with Crippen molar-refractivity contribution in [2.24, 2.45) is 0 Å². The van der Waals surface area contributed by atoms with E-state index in [1.807, 2.05) is 0 Å². The quantitative estimate of drug-likeness (QED) is 0.468. The van der Waals surface area contributed by atoms with Gasteiger partial charge in [0.2, 0.25) is 10.0 Å². The second kappa shape index (κ2) is 9.61. The van der Waals surface area contributed by atoms with Crippen molar-refractivity contribution >= 4 is 25.7 Å². The van der Waals surface area contributed by atoms with E-state index >= 15 is 0 Å². The van der Waals surface area contributed by atoms with Gasteiger partial charge in [-0.1, -0.05) is 24.3 Å². The lowest BCUT2D eigenvalue weighted by atomic mass is 10.2. The van der Waals surface area contributed by atoms with Crippen molar-refractivity contribution in [3.05, 3.63) is 72.8 Å². The van der Waals surface area contributed by atoms with Crippen molar-refractivity contribution in [1.82, 2.24) is 4.72 Å². The summed E-state index contributed by atoms with van der Waals surface area (Å²) < 4.78 is 101. The molecule has 0 saturated heterocycles. The van der Waals surface area contributed by atoms with Crippen molar-refractivity contribution < 1.29 is 44.6 Å². The topological polar surface area (TPSA) is 122 Å². The molecule has 0 spiro atoms. The number of rotatable bonds is 7. The first-order valence-electron chi connectivity index (χ1n) is 10.3. The monoisotopic (exact) mass is 544 g/mol. The Kier molecular flexibility index (Phi) is 6.88. The van der Waals surface area contributed by atoms with Crippen LogP contribution < -0.4 is 18.5 Å². The second-order valence-electron chi connectivity index (χ2n) is 7.58. The number of halogens is 3. The summed E-state index contributed by atoms with van der Waals surface area (Å²) in [6.07, 6.45) is -6.43. The maximum atomic E-state index is 13.4. The molecular formula is C22H19F3N2O7S2. The van der Waals surface area contributed by atoms with E-state index in [2.05, 4.69) is 9.46 Å². The third-order valence-corrected chi connectivity index (χ3v) is 8.28. The third-order valence-electron chi connectivity index (χ3n) is 5.02. The van der Waals surface area contributed by atoms with Crippen molar-refractivity contribution in [2.45, 2.75) is 22.3 Å². The Morgan fingerprint density at radius 2 is 1.58 bits per heavy atom. The molecule has 2 N–H and O–H groups in total. The summed E-state index contributed by atoms with van der Waals surface area (Å²) >= 11 is 0. The van der Waals surface area contributed by atoms with Crippen molar-refractivity contribution in [3.8, 4) is 17.2 Å². The molecular weight excluding hydrogens is 525 g/mol. The molecule has 14 heteroatoms. The minimum atomic E-state index is -4.93. The number of β-amino-alcohol motifs (C(OH)–C–C–N with tert-alkyl or cyclic N) is 1. The molecule has 1 unspecified atom stereocenters. The van der Waals surface area contributed by atoms with E-state index in [1.165, 1.54) is 24.3 Å². The molecule has 9 nitrogen and oxygen atoms in total. The zero-order valence-corrected chi connectivity index (χ0v) is 19.8. The van der Waals surface area contributed by atoms with Crippen LogP contribution in [0.2, 0.25) is 0 Å². The van der Waals surface area contributed by atoms with Crippen molar-refractivity contribution in [2.75, 3.05) is 17.4 Å². The number of alkyl halides is 3. The van der Waals surface area contributed by atoms with Crippen LogP contribution in [0.5, 0.6) is 17.2 Å². The molecule has 0 fully saturated rings. The molecule has 0 aromatic heterocycles. The molecule has 0 amide bonds. The average Bonchev–Trinajstić information content (AvgIpc) is 2.90. The Bertz CT molecular complexity index is 1460. The molecule has 1 atom stereocenters. The number of aliphatic hydroxyl groups excluding tert-OH is 1. The summed E-state index contributed by atoms with van der Waals surface area (Å²) in [4.78, 5) is -0.505. The first kappa shape index (κ1) is 25.8. The van der Waals surface area contributed by atoms with Crippen molar-refractivity contribution in [3.63, 3.8) is 0 Å². The lowest BCUT2D eigenvalue weighted by molar-refractivity contribution is -0.274. The summed E-state index contributed by atoms with van der Waals surface area (Å²) in [5.41, 5.74) is 0.149. The molecule has 0 aliphatic carbocycles. The standard InChI is InChI=1S/C22H19F3N2O7S2/c23-22(24,25)34-16-9-11-17(12-10-16)35(29,30)26-13-15(28)14-27-18-5-1-2-6-19(18)33-20-7-3-4-8-21(20)36(27,31)32/h1-12,15,26,28H,13-14H2. The van der Waals surface area contributed by atoms with E-state index in [0.717, 1.165) is 28.6 Å². The van der Waals surface area contributed by atoms with Gasteiger partial charge in [-0.3, -0.25) is 4.31 Å². The number of fused-ring (bicyclic) bond motifs is 2. The summed E-state index contributed by atoms with van der Waals surface area (Å²) in [6, 6.07) is 15.7. The highest BCUT2D eigenvalue weighted by Gasteiger charge is 2.35. The van der Waals surface area contributed by atoms with E-state index in [0.29, 0.717) is 0 Å². The summed E-state index contributed by atoms with van der Waals surface area (Å²) in [7, 11) is -8.43. The lowest BCUT2D eigenvalue weighted by Crippen LogP contribution is -2.42. The average molecular weight is 545 g/mol. The third kappa shape index (κ3) is 5.56. The number of benzene rings is 3. The van der Waals surface area contributed by atoms with E-state index in [-0.39, 0.29) is 27.0 Å². The molecule has 0 bridgehead atoms. The van der Waals surface area contributed by atoms with Gasteiger partial charge in [0.15, 0.2) is 5.75 Å². The Morgan fingerprint density at radius 3 is 2.25 bits per heavy atom. The molecule has 0 radical (unpaired) electrons. The number of hydrogen-bond acceptors (Lipinski definition) is 7. The molecule has 3 aromatic carbocycles. The highest BCUT2D eigenvalue weighted by molar-refractivity contribution is 7.93. The lowest BCUT2D eigenvalue weighted by Gasteiger charge is -2.26. The first-order chi connectivity index (χ1) is 16.9. The molecule has 0 saturated carbocycles. The Balaban J connectivity index is 1.51. The van der Waals surface area contributed by atoms with Crippen LogP contribution in [-0.4, -0.2) is 47.5 Å². The van der Waals surface area contributed by atoms with Crippen LogP contribution >= 0.6 is 0 Å². The van der Waals surface area contributed by atoms with Gasteiger partial charge in [0.25, 0.3) is 10.0 Å². The zero-order valence-electron chi connectivity index (χ0n) is 18.2. The second-order valence-corrected chi connectivity index (χ2v) is 11.2. The van der Waals surface area contributed by atoms with Crippen LogP contribution in [0, 0.1) is 0 Å². The fraction of sp³-hybridized carbons (Fsp3) is 0.182.